The third-order valence-electron chi connectivity index (χ3n) is 3.84. The van der Waals surface area contributed by atoms with Crippen LogP contribution in [0.25, 0.3) is 11.3 Å². The first kappa shape index (κ1) is 20.3. The monoisotopic (exact) mass is 413 g/mol. The SMILES string of the molecule is CC(=O)Oc1ccc(-c2csc(OCc3ccccc3N(N)C(=O)NN)n2)cc1. The zero-order valence-corrected chi connectivity index (χ0v) is 16.3. The summed E-state index contributed by atoms with van der Waals surface area (Å²) < 4.78 is 10.8. The van der Waals surface area contributed by atoms with Crippen LogP contribution < -0.4 is 31.6 Å². The highest BCUT2D eigenvalue weighted by Crippen LogP contribution is 2.29. The molecule has 0 aliphatic carbocycles. The van der Waals surface area contributed by atoms with Crippen molar-refractivity contribution in [2.75, 3.05) is 5.01 Å². The van der Waals surface area contributed by atoms with Crippen LogP contribution in [0, 0.1) is 0 Å². The minimum Gasteiger partial charge on any atom is -0.465 e. The van der Waals surface area contributed by atoms with E-state index in [2.05, 4.69) is 4.98 Å². The first-order valence-corrected chi connectivity index (χ1v) is 9.36. The number of benzene rings is 2. The molecule has 150 valence electrons. The predicted octanol–water partition coefficient (Wildman–Crippen LogP) is 2.58. The van der Waals surface area contributed by atoms with Crippen LogP contribution in [-0.2, 0) is 11.4 Å². The lowest BCUT2D eigenvalue weighted by Crippen LogP contribution is -2.48. The maximum atomic E-state index is 11.7. The molecule has 10 heteroatoms. The van der Waals surface area contributed by atoms with Gasteiger partial charge in [0, 0.05) is 23.4 Å². The number of carbonyl (C=O) groups excluding carboxylic acids is 2. The van der Waals surface area contributed by atoms with Crippen molar-refractivity contribution in [1.29, 1.82) is 0 Å². The van der Waals surface area contributed by atoms with Crippen molar-refractivity contribution in [3.8, 4) is 22.2 Å². The predicted molar refractivity (Wildman–Crippen MR) is 109 cm³/mol. The van der Waals surface area contributed by atoms with Gasteiger partial charge in [-0.2, -0.15) is 0 Å². The minimum atomic E-state index is -0.647. The molecule has 9 nitrogen and oxygen atoms in total. The molecule has 0 saturated heterocycles. The van der Waals surface area contributed by atoms with Crippen LogP contribution in [0.15, 0.2) is 53.9 Å². The second-order valence-corrected chi connectivity index (χ2v) is 6.67. The molecule has 0 aliphatic heterocycles. The number of ether oxygens (including phenoxy) is 2. The lowest BCUT2D eigenvalue weighted by molar-refractivity contribution is -0.131. The van der Waals surface area contributed by atoms with Crippen molar-refractivity contribution < 1.29 is 19.1 Å². The first-order chi connectivity index (χ1) is 14.0. The van der Waals surface area contributed by atoms with E-state index in [0.717, 1.165) is 16.3 Å². The Morgan fingerprint density at radius 3 is 2.59 bits per heavy atom. The lowest BCUT2D eigenvalue weighted by Gasteiger charge is -2.19. The van der Waals surface area contributed by atoms with Gasteiger partial charge in [-0.1, -0.05) is 29.5 Å². The average molecular weight is 413 g/mol. The van der Waals surface area contributed by atoms with Crippen LogP contribution in [0.4, 0.5) is 10.5 Å². The molecule has 0 radical (unpaired) electrons. The van der Waals surface area contributed by atoms with Gasteiger partial charge < -0.3 is 9.47 Å². The largest absolute Gasteiger partial charge is 0.465 e. The number of anilines is 1. The summed E-state index contributed by atoms with van der Waals surface area (Å²) in [6.07, 6.45) is 0. The fraction of sp³-hybridized carbons (Fsp3) is 0.105. The molecule has 3 rings (SSSR count). The zero-order chi connectivity index (χ0) is 20.8. The van der Waals surface area contributed by atoms with Crippen LogP contribution in [0.1, 0.15) is 12.5 Å². The van der Waals surface area contributed by atoms with E-state index in [1.54, 1.807) is 30.3 Å². The number of nitrogens with two attached hydrogens (primary N) is 2. The molecule has 0 spiro atoms. The number of rotatable bonds is 6. The number of hydrogen-bond acceptors (Lipinski definition) is 8. The third kappa shape index (κ3) is 5.08. The molecule has 0 unspecified atom stereocenters. The van der Waals surface area contributed by atoms with Gasteiger partial charge >= 0.3 is 12.0 Å². The van der Waals surface area contributed by atoms with Crippen LogP contribution in [0.3, 0.4) is 0 Å². The van der Waals surface area contributed by atoms with Crippen molar-refractivity contribution in [3.05, 3.63) is 59.5 Å². The van der Waals surface area contributed by atoms with Gasteiger partial charge in [0.25, 0.3) is 5.19 Å². The van der Waals surface area contributed by atoms with E-state index in [1.807, 2.05) is 29.0 Å². The van der Waals surface area contributed by atoms with E-state index in [-0.39, 0.29) is 12.6 Å². The smallest absolute Gasteiger partial charge is 0.350 e. The summed E-state index contributed by atoms with van der Waals surface area (Å²) in [7, 11) is 0. The van der Waals surface area contributed by atoms with Gasteiger partial charge in [-0.25, -0.2) is 26.5 Å². The third-order valence-corrected chi connectivity index (χ3v) is 4.59. The summed E-state index contributed by atoms with van der Waals surface area (Å²) in [5.74, 6) is 11.0. The number of nitrogens with one attached hydrogen (secondary N) is 1. The van der Waals surface area contributed by atoms with Crippen molar-refractivity contribution >= 4 is 29.0 Å². The molecule has 2 amide bonds. The number of hydrogen-bond donors (Lipinski definition) is 3. The molecule has 1 aromatic heterocycles. The molecule has 0 atom stereocenters. The second-order valence-electron chi connectivity index (χ2n) is 5.85. The summed E-state index contributed by atoms with van der Waals surface area (Å²) in [5.41, 5.74) is 4.74. The molecular weight excluding hydrogens is 394 g/mol. The maximum absolute atomic E-state index is 11.7. The molecule has 5 N–H and O–H groups in total. The fourth-order valence-corrected chi connectivity index (χ4v) is 3.18. The zero-order valence-electron chi connectivity index (χ0n) is 15.5. The van der Waals surface area contributed by atoms with Gasteiger partial charge in [0.05, 0.1) is 11.4 Å². The van der Waals surface area contributed by atoms with Crippen LogP contribution in [0.2, 0.25) is 0 Å². The molecule has 0 bridgehead atoms. The summed E-state index contributed by atoms with van der Waals surface area (Å²) in [5, 5.41) is 3.24. The van der Waals surface area contributed by atoms with Gasteiger partial charge in [0.15, 0.2) is 0 Å². The molecule has 0 fully saturated rings. The van der Waals surface area contributed by atoms with E-state index in [1.165, 1.54) is 18.3 Å². The highest BCUT2D eigenvalue weighted by molar-refractivity contribution is 7.11. The lowest BCUT2D eigenvalue weighted by atomic mass is 10.2. The Labute approximate surface area is 170 Å². The average Bonchev–Trinajstić information content (AvgIpc) is 3.20. The Morgan fingerprint density at radius 2 is 1.90 bits per heavy atom. The van der Waals surface area contributed by atoms with E-state index in [0.29, 0.717) is 22.2 Å². The van der Waals surface area contributed by atoms with Gasteiger partial charge in [-0.3, -0.25) is 10.2 Å². The van der Waals surface area contributed by atoms with Gasteiger partial charge in [-0.15, -0.1) is 0 Å². The van der Waals surface area contributed by atoms with Gasteiger partial charge in [0.1, 0.15) is 12.4 Å². The minimum absolute atomic E-state index is 0.167. The normalized spacial score (nSPS) is 10.3. The Kier molecular flexibility index (Phi) is 6.39. The number of thiazole rings is 1. The molecule has 0 saturated carbocycles. The van der Waals surface area contributed by atoms with E-state index in [9.17, 15) is 9.59 Å². The van der Waals surface area contributed by atoms with Crippen molar-refractivity contribution in [2.45, 2.75) is 13.5 Å². The summed E-state index contributed by atoms with van der Waals surface area (Å²) in [6.45, 7) is 1.52. The van der Waals surface area contributed by atoms with E-state index in [4.69, 9.17) is 21.2 Å². The Hall–Kier alpha value is -3.47. The van der Waals surface area contributed by atoms with Gasteiger partial charge in [0.2, 0.25) is 0 Å². The van der Waals surface area contributed by atoms with Crippen LogP contribution >= 0.6 is 11.3 Å². The number of urea groups is 1. The molecule has 1 heterocycles. The number of carbonyl (C=O) groups is 2. The highest BCUT2D eigenvalue weighted by Gasteiger charge is 2.15. The molecular formula is C19H19N5O4S. The topological polar surface area (TPSA) is 133 Å². The highest BCUT2D eigenvalue weighted by atomic mass is 32.1. The van der Waals surface area contributed by atoms with E-state index >= 15 is 0 Å². The number of para-hydroxylation sites is 1. The number of aromatic nitrogens is 1. The van der Waals surface area contributed by atoms with Crippen molar-refractivity contribution in [2.24, 2.45) is 11.7 Å². The quantitative estimate of drug-likeness (QED) is 0.186. The Balaban J connectivity index is 1.69. The maximum Gasteiger partial charge on any atom is 0.350 e. The molecule has 2 aromatic carbocycles. The Bertz CT molecular complexity index is 1010. The number of amides is 2. The number of nitrogens with zero attached hydrogens (tertiary/aromatic N) is 2. The van der Waals surface area contributed by atoms with E-state index < -0.39 is 6.03 Å². The number of esters is 1. The van der Waals surface area contributed by atoms with Crippen molar-refractivity contribution in [1.82, 2.24) is 10.4 Å². The first-order valence-electron chi connectivity index (χ1n) is 8.48. The molecule has 29 heavy (non-hydrogen) atoms. The van der Waals surface area contributed by atoms with Crippen LogP contribution in [-0.4, -0.2) is 17.0 Å². The second kappa shape index (κ2) is 9.15. The van der Waals surface area contributed by atoms with Crippen LogP contribution in [0.5, 0.6) is 10.9 Å². The standard InChI is InChI=1S/C19H19N5O4S/c1-12(25)28-15-8-6-13(7-9-15)16-11-29-19(22-16)27-10-14-4-2-3-5-17(14)24(21)18(26)23-20/h2-9,11H,10,20-21H2,1H3,(H,23,26). The Morgan fingerprint density at radius 1 is 1.17 bits per heavy atom. The summed E-state index contributed by atoms with van der Waals surface area (Å²) in [6, 6.07) is 13.4. The molecule has 3 aromatic rings. The summed E-state index contributed by atoms with van der Waals surface area (Å²) in [4.78, 5) is 27.1. The molecule has 0 aliphatic rings. The summed E-state index contributed by atoms with van der Waals surface area (Å²) >= 11 is 1.34. The number of hydrazine groups is 2. The fourth-order valence-electron chi connectivity index (χ4n) is 2.50. The van der Waals surface area contributed by atoms with Crippen molar-refractivity contribution in [3.63, 3.8) is 0 Å². The van der Waals surface area contributed by atoms with Gasteiger partial charge in [-0.05, 0) is 30.3 Å².